The van der Waals surface area contributed by atoms with E-state index in [1.807, 2.05) is 0 Å². The summed E-state index contributed by atoms with van der Waals surface area (Å²) in [7, 11) is 2.22. The second-order valence-electron chi connectivity index (χ2n) is 3.31. The molecule has 0 aliphatic heterocycles. The Hall–Kier alpha value is -0.715. The van der Waals surface area contributed by atoms with Crippen molar-refractivity contribution in [1.82, 2.24) is 0 Å². The quantitative estimate of drug-likeness (QED) is 0.521. The summed E-state index contributed by atoms with van der Waals surface area (Å²) in [5.41, 5.74) is 4.68. The predicted octanol–water partition coefficient (Wildman–Crippen LogP) is 1.31. The van der Waals surface area contributed by atoms with Crippen molar-refractivity contribution in [1.29, 1.82) is 0 Å². The standard InChI is InChI=1S/C10H13B/c11-7-8-4-5-9-2-1-3-10(9)6-8/h4-6H,1-3,7,11H2. The molecule has 0 aromatic heterocycles. The zero-order valence-electron chi connectivity index (χ0n) is 7.06. The number of hydrogen-bond acceptors (Lipinski definition) is 0. The summed E-state index contributed by atoms with van der Waals surface area (Å²) in [6.45, 7) is 0. The van der Waals surface area contributed by atoms with Crippen molar-refractivity contribution in [3.05, 3.63) is 34.9 Å². The Labute approximate surface area is 69.0 Å². The number of hydrogen-bond donors (Lipinski definition) is 0. The van der Waals surface area contributed by atoms with Crippen molar-refractivity contribution >= 4 is 7.85 Å². The molecule has 1 heteroatoms. The van der Waals surface area contributed by atoms with Crippen LogP contribution in [-0.4, -0.2) is 7.85 Å². The summed E-state index contributed by atoms with van der Waals surface area (Å²) in [5.74, 6) is 0. The Kier molecular flexibility index (Phi) is 1.73. The van der Waals surface area contributed by atoms with E-state index in [1.165, 1.54) is 31.1 Å². The zero-order valence-corrected chi connectivity index (χ0v) is 7.06. The normalized spacial score (nSPS) is 14.9. The Morgan fingerprint density at radius 3 is 2.82 bits per heavy atom. The van der Waals surface area contributed by atoms with Crippen molar-refractivity contribution in [3.8, 4) is 0 Å². The Morgan fingerprint density at radius 1 is 1.18 bits per heavy atom. The maximum Gasteiger partial charge on any atom is 0.107 e. The first-order valence-electron chi connectivity index (χ1n) is 4.51. The molecule has 0 unspecified atom stereocenters. The van der Waals surface area contributed by atoms with Crippen LogP contribution in [0.4, 0.5) is 0 Å². The molecule has 0 bridgehead atoms. The molecule has 11 heavy (non-hydrogen) atoms. The molecule has 0 nitrogen and oxygen atoms in total. The first-order valence-corrected chi connectivity index (χ1v) is 4.51. The SMILES string of the molecule is BCc1ccc2c(c1)CCC2. The van der Waals surface area contributed by atoms with E-state index in [2.05, 4.69) is 26.0 Å². The monoisotopic (exact) mass is 144 g/mol. The van der Waals surface area contributed by atoms with Gasteiger partial charge in [0, 0.05) is 0 Å². The van der Waals surface area contributed by atoms with Crippen molar-refractivity contribution in [2.75, 3.05) is 0 Å². The lowest BCUT2D eigenvalue weighted by molar-refractivity contribution is 0.911. The molecular formula is C10H13B. The fourth-order valence-electron chi connectivity index (χ4n) is 1.85. The second kappa shape index (κ2) is 2.73. The molecule has 2 rings (SSSR count). The first-order chi connectivity index (χ1) is 5.40. The molecule has 0 saturated carbocycles. The zero-order chi connectivity index (χ0) is 7.68. The minimum atomic E-state index is 1.17. The van der Waals surface area contributed by atoms with Gasteiger partial charge in [-0.05, 0) is 30.4 Å². The third kappa shape index (κ3) is 1.20. The highest BCUT2D eigenvalue weighted by molar-refractivity contribution is 6.08. The number of rotatable bonds is 1. The minimum Gasteiger partial charge on any atom is -0.0595 e. The Morgan fingerprint density at radius 2 is 2.00 bits per heavy atom. The summed E-state index contributed by atoms with van der Waals surface area (Å²) in [5, 5.41) is 0. The Balaban J connectivity index is 2.41. The van der Waals surface area contributed by atoms with Gasteiger partial charge in [0.15, 0.2) is 0 Å². The van der Waals surface area contributed by atoms with E-state index in [0.29, 0.717) is 0 Å². The average molecular weight is 144 g/mol. The summed E-state index contributed by atoms with van der Waals surface area (Å²) in [4.78, 5) is 0. The summed E-state index contributed by atoms with van der Waals surface area (Å²) in [6.07, 6.45) is 5.15. The average Bonchev–Trinajstić information content (AvgIpc) is 2.50. The van der Waals surface area contributed by atoms with Crippen LogP contribution in [0.1, 0.15) is 23.1 Å². The number of fused-ring (bicyclic) bond motifs is 1. The largest absolute Gasteiger partial charge is 0.107 e. The van der Waals surface area contributed by atoms with E-state index in [1.54, 1.807) is 11.1 Å². The number of aryl methyl sites for hydroxylation is 2. The van der Waals surface area contributed by atoms with Crippen molar-refractivity contribution in [2.24, 2.45) is 0 Å². The van der Waals surface area contributed by atoms with E-state index in [9.17, 15) is 0 Å². The minimum absolute atomic E-state index is 1.17. The molecule has 56 valence electrons. The molecule has 1 aromatic carbocycles. The highest BCUT2D eigenvalue weighted by atomic mass is 14.1. The molecule has 0 fully saturated rings. The first kappa shape index (κ1) is 6.96. The fourth-order valence-corrected chi connectivity index (χ4v) is 1.85. The van der Waals surface area contributed by atoms with Gasteiger partial charge in [-0.25, -0.2) is 0 Å². The van der Waals surface area contributed by atoms with Crippen molar-refractivity contribution < 1.29 is 0 Å². The molecule has 0 amide bonds. The van der Waals surface area contributed by atoms with Crippen molar-refractivity contribution in [2.45, 2.75) is 25.6 Å². The van der Waals surface area contributed by atoms with E-state index in [4.69, 9.17) is 0 Å². The van der Waals surface area contributed by atoms with Gasteiger partial charge in [-0.15, -0.1) is 0 Å². The van der Waals surface area contributed by atoms with E-state index in [-0.39, 0.29) is 0 Å². The lowest BCUT2D eigenvalue weighted by Gasteiger charge is -2.00. The third-order valence-electron chi connectivity index (χ3n) is 2.57. The molecule has 1 aliphatic carbocycles. The maximum absolute atomic E-state index is 2.38. The van der Waals surface area contributed by atoms with Crippen LogP contribution in [-0.2, 0) is 19.2 Å². The smallest absolute Gasteiger partial charge is 0.0595 e. The van der Waals surface area contributed by atoms with Crippen LogP contribution < -0.4 is 0 Å². The second-order valence-corrected chi connectivity index (χ2v) is 3.31. The molecule has 0 heterocycles. The molecule has 0 saturated heterocycles. The molecular weight excluding hydrogens is 131 g/mol. The van der Waals surface area contributed by atoms with Gasteiger partial charge in [0.2, 0.25) is 0 Å². The van der Waals surface area contributed by atoms with Crippen LogP contribution in [0.15, 0.2) is 18.2 Å². The maximum atomic E-state index is 2.38. The molecule has 0 N–H and O–H groups in total. The van der Waals surface area contributed by atoms with Gasteiger partial charge in [0.05, 0.1) is 0 Å². The fraction of sp³-hybridized carbons (Fsp3) is 0.400. The van der Waals surface area contributed by atoms with Crippen LogP contribution in [0, 0.1) is 0 Å². The molecule has 0 radical (unpaired) electrons. The van der Waals surface area contributed by atoms with Gasteiger partial charge in [-0.2, -0.15) is 0 Å². The highest BCUT2D eigenvalue weighted by Crippen LogP contribution is 2.22. The van der Waals surface area contributed by atoms with Gasteiger partial charge in [0.1, 0.15) is 7.85 Å². The molecule has 0 spiro atoms. The van der Waals surface area contributed by atoms with Crippen LogP contribution in [0.3, 0.4) is 0 Å². The molecule has 1 aliphatic rings. The number of benzene rings is 1. The van der Waals surface area contributed by atoms with Gasteiger partial charge in [-0.1, -0.05) is 30.1 Å². The lowest BCUT2D eigenvalue weighted by Crippen LogP contribution is -1.87. The summed E-state index contributed by atoms with van der Waals surface area (Å²) < 4.78 is 0. The highest BCUT2D eigenvalue weighted by Gasteiger charge is 2.09. The third-order valence-corrected chi connectivity index (χ3v) is 2.57. The molecule has 0 atom stereocenters. The van der Waals surface area contributed by atoms with Gasteiger partial charge in [0.25, 0.3) is 0 Å². The topological polar surface area (TPSA) is 0 Å². The van der Waals surface area contributed by atoms with Crippen LogP contribution in [0.5, 0.6) is 0 Å². The van der Waals surface area contributed by atoms with Crippen LogP contribution in [0.2, 0.25) is 0 Å². The van der Waals surface area contributed by atoms with Crippen molar-refractivity contribution in [3.63, 3.8) is 0 Å². The summed E-state index contributed by atoms with van der Waals surface area (Å²) >= 11 is 0. The summed E-state index contributed by atoms with van der Waals surface area (Å²) in [6, 6.07) is 6.95. The predicted molar refractivity (Wildman–Crippen MR) is 50.7 cm³/mol. The van der Waals surface area contributed by atoms with Crippen LogP contribution >= 0.6 is 0 Å². The Bertz CT molecular complexity index is 266. The van der Waals surface area contributed by atoms with E-state index >= 15 is 0 Å². The van der Waals surface area contributed by atoms with Crippen LogP contribution in [0.25, 0.3) is 0 Å². The lowest BCUT2D eigenvalue weighted by atomic mass is 9.94. The molecule has 1 aromatic rings. The van der Waals surface area contributed by atoms with E-state index < -0.39 is 0 Å². The van der Waals surface area contributed by atoms with E-state index in [0.717, 1.165) is 0 Å². The van der Waals surface area contributed by atoms with Gasteiger partial charge < -0.3 is 0 Å². The van der Waals surface area contributed by atoms with Gasteiger partial charge >= 0.3 is 0 Å². The van der Waals surface area contributed by atoms with Gasteiger partial charge in [-0.3, -0.25) is 0 Å².